The number of nitrogens with one attached hydrogen (secondary N) is 1. The minimum Gasteiger partial charge on any atom is -0.325 e. The Bertz CT molecular complexity index is 307. The van der Waals surface area contributed by atoms with E-state index in [0.717, 1.165) is 22.2 Å². The first-order chi connectivity index (χ1) is 6.13. The van der Waals surface area contributed by atoms with Crippen LogP contribution < -0.4 is 5.32 Å². The number of carbonyl (C=O) groups excluding carboxylic acids is 1. The first-order valence-corrected chi connectivity index (χ1v) is 5.06. The standard InChI is InChI=1S/C9H9BrClNO/c1-6-4-7(10)2-3-8(6)12-9(13)5-11/h2-3H,1,4-5H2,(H,12,13). The number of carbonyl (C=O) groups is 1. The summed E-state index contributed by atoms with van der Waals surface area (Å²) in [7, 11) is 0. The number of alkyl halides is 1. The van der Waals surface area contributed by atoms with Gasteiger partial charge in [0.05, 0.1) is 0 Å². The van der Waals surface area contributed by atoms with Crippen molar-refractivity contribution < 1.29 is 4.79 Å². The predicted molar refractivity (Wildman–Crippen MR) is 57.7 cm³/mol. The van der Waals surface area contributed by atoms with Gasteiger partial charge >= 0.3 is 0 Å². The van der Waals surface area contributed by atoms with Gasteiger partial charge in [-0.25, -0.2) is 0 Å². The molecule has 0 saturated heterocycles. The van der Waals surface area contributed by atoms with Crippen molar-refractivity contribution in [2.75, 3.05) is 5.88 Å². The molecule has 1 aliphatic carbocycles. The van der Waals surface area contributed by atoms with Crippen LogP contribution in [0.3, 0.4) is 0 Å². The molecule has 0 radical (unpaired) electrons. The number of allylic oxidation sites excluding steroid dienone is 4. The minimum atomic E-state index is -0.208. The highest BCUT2D eigenvalue weighted by Gasteiger charge is 2.10. The fourth-order valence-electron chi connectivity index (χ4n) is 0.963. The molecule has 70 valence electrons. The molecule has 4 heteroatoms. The summed E-state index contributed by atoms with van der Waals surface area (Å²) in [6.45, 7) is 3.84. The van der Waals surface area contributed by atoms with Crippen molar-refractivity contribution in [1.29, 1.82) is 0 Å². The van der Waals surface area contributed by atoms with Gasteiger partial charge in [0, 0.05) is 12.1 Å². The molecule has 0 bridgehead atoms. The number of rotatable bonds is 2. The molecule has 2 nitrogen and oxygen atoms in total. The number of hydrogen-bond donors (Lipinski definition) is 1. The lowest BCUT2D eigenvalue weighted by atomic mass is 10.1. The molecule has 0 fully saturated rings. The molecule has 0 aliphatic heterocycles. The van der Waals surface area contributed by atoms with Crippen LogP contribution in [-0.2, 0) is 4.79 Å². The second-order valence-electron chi connectivity index (χ2n) is 2.66. The van der Waals surface area contributed by atoms with E-state index < -0.39 is 0 Å². The fraction of sp³-hybridized carbons (Fsp3) is 0.222. The van der Waals surface area contributed by atoms with Crippen molar-refractivity contribution in [3.8, 4) is 0 Å². The van der Waals surface area contributed by atoms with Crippen LogP contribution in [0.5, 0.6) is 0 Å². The van der Waals surface area contributed by atoms with Gasteiger partial charge in [-0.1, -0.05) is 22.5 Å². The van der Waals surface area contributed by atoms with Crippen molar-refractivity contribution in [2.24, 2.45) is 0 Å². The maximum atomic E-state index is 10.9. The Morgan fingerprint density at radius 1 is 1.69 bits per heavy atom. The van der Waals surface area contributed by atoms with E-state index in [2.05, 4.69) is 27.8 Å². The Kier molecular flexibility index (Phi) is 3.75. The van der Waals surface area contributed by atoms with E-state index in [1.807, 2.05) is 6.08 Å². The predicted octanol–water partition coefficient (Wildman–Crippen LogP) is 2.46. The van der Waals surface area contributed by atoms with Crippen LogP contribution in [0.25, 0.3) is 0 Å². The second-order valence-corrected chi connectivity index (χ2v) is 3.94. The van der Waals surface area contributed by atoms with Gasteiger partial charge in [-0.2, -0.15) is 0 Å². The molecule has 0 spiro atoms. The van der Waals surface area contributed by atoms with Crippen LogP contribution in [0.4, 0.5) is 0 Å². The van der Waals surface area contributed by atoms with E-state index in [1.54, 1.807) is 6.08 Å². The molecule has 0 unspecified atom stereocenters. The van der Waals surface area contributed by atoms with E-state index >= 15 is 0 Å². The minimum absolute atomic E-state index is 0.0322. The van der Waals surface area contributed by atoms with Crippen molar-refractivity contribution in [3.05, 3.63) is 34.5 Å². The maximum absolute atomic E-state index is 10.9. The van der Waals surface area contributed by atoms with Crippen LogP contribution in [0.1, 0.15) is 6.42 Å². The normalized spacial score (nSPS) is 16.3. The van der Waals surface area contributed by atoms with Gasteiger partial charge in [0.25, 0.3) is 0 Å². The zero-order valence-corrected chi connectivity index (χ0v) is 9.28. The van der Waals surface area contributed by atoms with E-state index in [4.69, 9.17) is 11.6 Å². The summed E-state index contributed by atoms with van der Waals surface area (Å²) in [5.74, 6) is -0.240. The lowest BCUT2D eigenvalue weighted by molar-refractivity contribution is -0.117. The molecule has 13 heavy (non-hydrogen) atoms. The smallest absolute Gasteiger partial charge is 0.239 e. The number of hydrogen-bond acceptors (Lipinski definition) is 1. The Balaban J connectivity index is 2.69. The van der Waals surface area contributed by atoms with Gasteiger partial charge in [-0.3, -0.25) is 4.79 Å². The van der Waals surface area contributed by atoms with Crippen molar-refractivity contribution in [2.45, 2.75) is 6.42 Å². The fourth-order valence-corrected chi connectivity index (χ4v) is 1.50. The Labute approximate surface area is 90.5 Å². The summed E-state index contributed by atoms with van der Waals surface area (Å²) >= 11 is 8.71. The van der Waals surface area contributed by atoms with E-state index in [0.29, 0.717) is 0 Å². The second kappa shape index (κ2) is 4.63. The monoisotopic (exact) mass is 261 g/mol. The SMILES string of the molecule is C=C1CC(Br)=CC=C1NC(=O)CCl. The van der Waals surface area contributed by atoms with Crippen LogP contribution in [-0.4, -0.2) is 11.8 Å². The summed E-state index contributed by atoms with van der Waals surface area (Å²) in [5.41, 5.74) is 1.63. The quantitative estimate of drug-likeness (QED) is 0.761. The van der Waals surface area contributed by atoms with E-state index in [1.165, 1.54) is 0 Å². The maximum Gasteiger partial charge on any atom is 0.239 e. The lowest BCUT2D eigenvalue weighted by Crippen LogP contribution is -2.25. The van der Waals surface area contributed by atoms with Crippen LogP contribution in [0.15, 0.2) is 34.5 Å². The van der Waals surface area contributed by atoms with Crippen LogP contribution in [0, 0.1) is 0 Å². The molecule has 1 N–H and O–H groups in total. The van der Waals surface area contributed by atoms with E-state index in [9.17, 15) is 4.79 Å². The lowest BCUT2D eigenvalue weighted by Gasteiger charge is -2.14. The molecule has 0 aromatic rings. The Hall–Kier alpha value is -0.540. The average molecular weight is 263 g/mol. The molecule has 1 rings (SSSR count). The molecule has 0 aromatic carbocycles. The van der Waals surface area contributed by atoms with Gasteiger partial charge < -0.3 is 5.32 Å². The summed E-state index contributed by atoms with van der Waals surface area (Å²) in [5, 5.41) is 2.66. The summed E-state index contributed by atoms with van der Waals surface area (Å²) in [6, 6.07) is 0. The third kappa shape index (κ3) is 3.01. The third-order valence-corrected chi connectivity index (χ3v) is 2.38. The van der Waals surface area contributed by atoms with E-state index in [-0.39, 0.29) is 11.8 Å². The van der Waals surface area contributed by atoms with Crippen LogP contribution >= 0.6 is 27.5 Å². The summed E-state index contributed by atoms with van der Waals surface area (Å²) in [6.07, 6.45) is 4.42. The van der Waals surface area contributed by atoms with Crippen LogP contribution in [0.2, 0.25) is 0 Å². The average Bonchev–Trinajstić information content (AvgIpc) is 2.09. The van der Waals surface area contributed by atoms with Crippen molar-refractivity contribution in [3.63, 3.8) is 0 Å². The zero-order chi connectivity index (χ0) is 9.84. The number of halogens is 2. The highest BCUT2D eigenvalue weighted by atomic mass is 79.9. The highest BCUT2D eigenvalue weighted by Crippen LogP contribution is 2.24. The topological polar surface area (TPSA) is 29.1 Å². The molecule has 0 saturated carbocycles. The summed E-state index contributed by atoms with van der Waals surface area (Å²) < 4.78 is 1.06. The molecular weight excluding hydrogens is 253 g/mol. The largest absolute Gasteiger partial charge is 0.325 e. The van der Waals surface area contributed by atoms with Crippen molar-refractivity contribution >= 4 is 33.4 Å². The molecule has 0 aromatic heterocycles. The van der Waals surface area contributed by atoms with Crippen molar-refractivity contribution in [1.82, 2.24) is 5.32 Å². The van der Waals surface area contributed by atoms with Gasteiger partial charge in [-0.15, -0.1) is 11.6 Å². The Morgan fingerprint density at radius 3 is 2.92 bits per heavy atom. The number of amides is 1. The molecule has 0 atom stereocenters. The first kappa shape index (κ1) is 10.5. The molecule has 0 heterocycles. The molecular formula is C9H9BrClNO. The zero-order valence-electron chi connectivity index (χ0n) is 6.94. The molecule has 1 aliphatic rings. The molecule has 1 amide bonds. The van der Waals surface area contributed by atoms with Gasteiger partial charge in [0.1, 0.15) is 5.88 Å². The van der Waals surface area contributed by atoms with Gasteiger partial charge in [0.2, 0.25) is 5.91 Å². The summed E-state index contributed by atoms with van der Waals surface area (Å²) in [4.78, 5) is 10.9. The first-order valence-electron chi connectivity index (χ1n) is 3.74. The highest BCUT2D eigenvalue weighted by molar-refractivity contribution is 9.11. The third-order valence-electron chi connectivity index (χ3n) is 1.59. The van der Waals surface area contributed by atoms with Gasteiger partial charge in [0.15, 0.2) is 0 Å². The Morgan fingerprint density at radius 2 is 2.38 bits per heavy atom. The van der Waals surface area contributed by atoms with Gasteiger partial charge in [-0.05, 0) is 22.2 Å².